The number of aromatic nitrogens is 2. The molecule has 1 aliphatic rings. The largest absolute Gasteiger partial charge is 0.461 e. The van der Waals surface area contributed by atoms with Gasteiger partial charge in [-0.3, -0.25) is 14.9 Å². The fourth-order valence-electron chi connectivity index (χ4n) is 4.22. The molecule has 3 aromatic rings. The molecule has 4 rings (SSSR count). The Morgan fingerprint density at radius 3 is 3.05 bits per heavy atom. The van der Waals surface area contributed by atoms with E-state index in [1.807, 2.05) is 42.1 Å². The van der Waals surface area contributed by atoms with Gasteiger partial charge in [0.25, 0.3) is 0 Å². The molecular weight excluding hydrogens is 472 g/mol. The molecule has 0 saturated carbocycles. The molecule has 2 amide bonds. The lowest BCUT2D eigenvalue weighted by molar-refractivity contribution is -0.137. The van der Waals surface area contributed by atoms with Gasteiger partial charge >= 0.3 is 0 Å². The van der Waals surface area contributed by atoms with Gasteiger partial charge in [-0.25, -0.2) is 15.0 Å². The van der Waals surface area contributed by atoms with Crippen molar-refractivity contribution in [2.75, 3.05) is 19.6 Å². The number of furan rings is 1. The Kier molecular flexibility index (Phi) is 8.65. The summed E-state index contributed by atoms with van der Waals surface area (Å²) in [6.45, 7) is 3.68. The summed E-state index contributed by atoms with van der Waals surface area (Å²) in [4.78, 5) is 39.9. The van der Waals surface area contributed by atoms with Crippen molar-refractivity contribution in [2.24, 2.45) is 15.9 Å². The van der Waals surface area contributed by atoms with Gasteiger partial charge in [-0.05, 0) is 50.5 Å². The van der Waals surface area contributed by atoms with Crippen LogP contribution >= 0.6 is 0 Å². The van der Waals surface area contributed by atoms with Crippen LogP contribution in [0.2, 0.25) is 0 Å². The van der Waals surface area contributed by atoms with Gasteiger partial charge in [0.05, 0.1) is 24.5 Å². The summed E-state index contributed by atoms with van der Waals surface area (Å²) in [7, 11) is 0. The Bertz CT molecular complexity index is 1320. The third-order valence-electron chi connectivity index (χ3n) is 6.03. The minimum absolute atomic E-state index is 0.00969. The second-order valence-corrected chi connectivity index (χ2v) is 8.90. The molecule has 37 heavy (non-hydrogen) atoms. The predicted octanol–water partition coefficient (Wildman–Crippen LogP) is 2.90. The van der Waals surface area contributed by atoms with E-state index in [0.29, 0.717) is 25.2 Å². The van der Waals surface area contributed by atoms with E-state index in [0.717, 1.165) is 42.5 Å². The fraction of sp³-hybridized carbons (Fsp3) is 0.385. The molecule has 0 aliphatic carbocycles. The number of carbonyl (C=O) groups is 2. The number of nitrogens with one attached hydrogen (secondary N) is 2. The molecule has 0 radical (unpaired) electrons. The van der Waals surface area contributed by atoms with Gasteiger partial charge in [0.1, 0.15) is 11.3 Å². The number of likely N-dealkylation sites (tertiary alicyclic amines) is 1. The van der Waals surface area contributed by atoms with Crippen molar-refractivity contribution >= 4 is 40.6 Å². The Morgan fingerprint density at radius 2 is 2.24 bits per heavy atom. The van der Waals surface area contributed by atoms with E-state index in [4.69, 9.17) is 9.68 Å². The molecular formula is C26H30N8O3. The first-order valence-electron chi connectivity index (χ1n) is 12.3. The van der Waals surface area contributed by atoms with Gasteiger partial charge < -0.3 is 19.2 Å². The second-order valence-electron chi connectivity index (χ2n) is 8.90. The van der Waals surface area contributed by atoms with Crippen LogP contribution in [0.1, 0.15) is 31.4 Å². The summed E-state index contributed by atoms with van der Waals surface area (Å²) in [6.07, 6.45) is 11.7. The number of nitriles is 1. The van der Waals surface area contributed by atoms with Crippen LogP contribution in [-0.2, 0) is 16.1 Å². The molecule has 192 valence electrons. The average molecular weight is 503 g/mol. The molecule has 3 heterocycles. The number of aryl methyl sites for hydroxylation is 2. The van der Waals surface area contributed by atoms with Crippen LogP contribution in [0.5, 0.6) is 0 Å². The van der Waals surface area contributed by atoms with E-state index in [2.05, 4.69) is 25.6 Å². The zero-order valence-electron chi connectivity index (χ0n) is 20.8. The summed E-state index contributed by atoms with van der Waals surface area (Å²) in [5.41, 5.74) is 1.35. The Labute approximate surface area is 214 Å². The maximum absolute atomic E-state index is 13.2. The van der Waals surface area contributed by atoms with Crippen LogP contribution in [0.3, 0.4) is 0 Å². The molecule has 2 aromatic heterocycles. The summed E-state index contributed by atoms with van der Waals surface area (Å²) in [5.74, 6) is 0.0444. The van der Waals surface area contributed by atoms with Gasteiger partial charge in [-0.15, -0.1) is 0 Å². The van der Waals surface area contributed by atoms with Gasteiger partial charge in [-0.1, -0.05) is 6.42 Å². The normalized spacial score (nSPS) is 16.6. The van der Waals surface area contributed by atoms with Crippen molar-refractivity contribution in [1.29, 1.82) is 5.26 Å². The third-order valence-corrected chi connectivity index (χ3v) is 6.03. The molecule has 11 heteroatoms. The topological polar surface area (TPSA) is 141 Å². The van der Waals surface area contributed by atoms with E-state index in [1.54, 1.807) is 23.5 Å². The molecule has 1 saturated heterocycles. The monoisotopic (exact) mass is 502 g/mol. The maximum atomic E-state index is 13.2. The number of hydrogen-bond donors (Lipinski definition) is 2. The first kappa shape index (κ1) is 25.6. The van der Waals surface area contributed by atoms with E-state index in [1.165, 1.54) is 6.21 Å². The molecule has 1 unspecified atom stereocenters. The lowest BCUT2D eigenvalue weighted by atomic mass is 10.0. The number of guanidine groups is 1. The SMILES string of the molecule is Cc1cc2cc(N=C(/N=C/C3CCCCN(CC(=O)NCCCn4ccnc4)C3=O)NC#N)ccc2o1. The van der Waals surface area contributed by atoms with Gasteiger partial charge in [0, 0.05) is 43.6 Å². The molecule has 1 fully saturated rings. The minimum Gasteiger partial charge on any atom is -0.461 e. The first-order valence-corrected chi connectivity index (χ1v) is 12.3. The van der Waals surface area contributed by atoms with Crippen molar-refractivity contribution in [3.05, 3.63) is 48.7 Å². The van der Waals surface area contributed by atoms with Gasteiger partial charge in [-0.2, -0.15) is 5.26 Å². The molecule has 1 atom stereocenters. The molecule has 0 bridgehead atoms. The summed E-state index contributed by atoms with van der Waals surface area (Å²) in [5, 5.41) is 15.4. The second kappa shape index (κ2) is 12.5. The molecule has 1 aliphatic heterocycles. The lowest BCUT2D eigenvalue weighted by Crippen LogP contribution is -2.43. The van der Waals surface area contributed by atoms with Crippen LogP contribution in [0.4, 0.5) is 5.69 Å². The highest BCUT2D eigenvalue weighted by molar-refractivity contribution is 6.00. The number of benzene rings is 1. The van der Waals surface area contributed by atoms with Crippen molar-refractivity contribution in [3.63, 3.8) is 0 Å². The fourth-order valence-corrected chi connectivity index (χ4v) is 4.22. The Balaban J connectivity index is 1.36. The van der Waals surface area contributed by atoms with Crippen molar-refractivity contribution < 1.29 is 14.0 Å². The zero-order valence-corrected chi connectivity index (χ0v) is 20.8. The Hall–Kier alpha value is -4.46. The van der Waals surface area contributed by atoms with Crippen LogP contribution in [0.15, 0.2) is 57.4 Å². The summed E-state index contributed by atoms with van der Waals surface area (Å²) >= 11 is 0. The van der Waals surface area contributed by atoms with Crippen LogP contribution in [0, 0.1) is 24.3 Å². The quantitative estimate of drug-likeness (QED) is 0.160. The molecule has 0 spiro atoms. The first-order chi connectivity index (χ1) is 18.0. The van der Waals surface area contributed by atoms with Crippen molar-refractivity contribution in [3.8, 4) is 6.19 Å². The number of amides is 2. The number of fused-ring (bicyclic) bond motifs is 1. The number of hydrogen-bond acceptors (Lipinski definition) is 6. The number of nitrogens with zero attached hydrogens (tertiary/aromatic N) is 6. The number of carbonyl (C=O) groups excluding carboxylic acids is 2. The highest BCUT2D eigenvalue weighted by atomic mass is 16.3. The zero-order chi connectivity index (χ0) is 26.0. The predicted molar refractivity (Wildman–Crippen MR) is 139 cm³/mol. The van der Waals surface area contributed by atoms with Crippen molar-refractivity contribution in [1.82, 2.24) is 25.1 Å². The van der Waals surface area contributed by atoms with E-state index in [-0.39, 0.29) is 24.3 Å². The van der Waals surface area contributed by atoms with E-state index >= 15 is 0 Å². The maximum Gasteiger partial charge on any atom is 0.239 e. The standard InChI is InChI=1S/C26H30N8O3/c1-19-13-21-14-22(6-7-23(21)37-19)32-26(31-17-27)30-15-20-5-2-3-11-34(25(20)36)16-24(35)29-8-4-10-33-12-9-28-18-33/h6-7,9,12-15,18,20H,2-5,8,10-11,16H2,1H3,(H,29,35)(H,31,32)/b30-15+. The van der Waals surface area contributed by atoms with Gasteiger partial charge in [0.15, 0.2) is 6.19 Å². The Morgan fingerprint density at radius 1 is 1.35 bits per heavy atom. The molecule has 2 N–H and O–H groups in total. The van der Waals surface area contributed by atoms with E-state index in [9.17, 15) is 9.59 Å². The molecule has 1 aromatic carbocycles. The van der Waals surface area contributed by atoms with Crippen LogP contribution in [-0.4, -0.2) is 58.1 Å². The smallest absolute Gasteiger partial charge is 0.239 e. The molecule has 11 nitrogen and oxygen atoms in total. The van der Waals surface area contributed by atoms with Crippen LogP contribution in [0.25, 0.3) is 11.0 Å². The lowest BCUT2D eigenvalue weighted by Gasteiger charge is -2.22. The third kappa shape index (κ3) is 7.27. The number of aliphatic imine (C=N–C) groups is 2. The highest BCUT2D eigenvalue weighted by Crippen LogP contribution is 2.24. The summed E-state index contributed by atoms with van der Waals surface area (Å²) in [6, 6.07) is 7.33. The van der Waals surface area contributed by atoms with Crippen molar-refractivity contribution in [2.45, 2.75) is 39.2 Å². The summed E-state index contributed by atoms with van der Waals surface area (Å²) < 4.78 is 7.53. The van der Waals surface area contributed by atoms with Gasteiger partial charge in [0.2, 0.25) is 17.8 Å². The van der Waals surface area contributed by atoms with E-state index < -0.39 is 5.92 Å². The number of rotatable bonds is 8. The number of imidazole rings is 1. The van der Waals surface area contributed by atoms with Crippen LogP contribution < -0.4 is 10.6 Å². The average Bonchev–Trinajstić information content (AvgIpc) is 3.49. The minimum atomic E-state index is -0.499. The highest BCUT2D eigenvalue weighted by Gasteiger charge is 2.27.